The fourth-order valence-corrected chi connectivity index (χ4v) is 1.07. The Kier molecular flexibility index (Phi) is 3.60. The maximum atomic E-state index is 10.7. The van der Waals surface area contributed by atoms with Crippen LogP contribution in [0.2, 0.25) is 0 Å². The highest BCUT2D eigenvalue weighted by Crippen LogP contribution is 1.92. The van der Waals surface area contributed by atoms with Crippen LogP contribution in [0, 0.1) is 0 Å². The monoisotopic (exact) mass is 170 g/mol. The van der Waals surface area contributed by atoms with Gasteiger partial charge in [-0.15, -0.1) is 0 Å². The molecule has 1 rings (SSSR count). The molecular weight excluding hydrogens is 156 g/mol. The number of methoxy groups -OCH3 is 1. The van der Waals surface area contributed by atoms with E-state index < -0.39 is 0 Å². The second kappa shape index (κ2) is 4.77. The van der Waals surface area contributed by atoms with Crippen LogP contribution in [0.4, 0.5) is 0 Å². The van der Waals surface area contributed by atoms with E-state index in [1.807, 2.05) is 0 Å². The SMILES string of the molecule is COC(=O)C=CN1CCNCC1. The summed E-state index contributed by atoms with van der Waals surface area (Å²) >= 11 is 0. The number of rotatable bonds is 2. The van der Waals surface area contributed by atoms with Crippen LogP contribution in [-0.2, 0) is 9.53 Å². The van der Waals surface area contributed by atoms with Gasteiger partial charge in [-0.05, 0) is 0 Å². The second-order valence-corrected chi connectivity index (χ2v) is 2.62. The number of piperazine rings is 1. The summed E-state index contributed by atoms with van der Waals surface area (Å²) < 4.78 is 4.47. The predicted octanol–water partition coefficient (Wildman–Crippen LogP) is -0.422. The molecule has 0 aromatic carbocycles. The maximum absolute atomic E-state index is 10.7. The van der Waals surface area contributed by atoms with E-state index in [0.29, 0.717) is 0 Å². The van der Waals surface area contributed by atoms with Gasteiger partial charge >= 0.3 is 5.97 Å². The van der Waals surface area contributed by atoms with Gasteiger partial charge in [-0.25, -0.2) is 4.79 Å². The maximum Gasteiger partial charge on any atom is 0.331 e. The zero-order valence-corrected chi connectivity index (χ0v) is 7.25. The van der Waals surface area contributed by atoms with Crippen molar-refractivity contribution in [2.45, 2.75) is 0 Å². The van der Waals surface area contributed by atoms with Gasteiger partial charge in [0.2, 0.25) is 0 Å². The molecule has 0 bridgehead atoms. The summed E-state index contributed by atoms with van der Waals surface area (Å²) in [6, 6.07) is 0. The summed E-state index contributed by atoms with van der Waals surface area (Å²) in [5.41, 5.74) is 0. The van der Waals surface area contributed by atoms with Crippen molar-refractivity contribution < 1.29 is 9.53 Å². The van der Waals surface area contributed by atoms with E-state index in [-0.39, 0.29) is 5.97 Å². The minimum absolute atomic E-state index is 0.298. The Morgan fingerprint density at radius 3 is 2.75 bits per heavy atom. The third kappa shape index (κ3) is 2.92. The lowest BCUT2D eigenvalue weighted by Crippen LogP contribution is -2.40. The molecule has 0 saturated carbocycles. The zero-order valence-electron chi connectivity index (χ0n) is 7.25. The van der Waals surface area contributed by atoms with Crippen molar-refractivity contribution in [1.29, 1.82) is 0 Å². The molecule has 0 unspecified atom stereocenters. The molecule has 1 aliphatic rings. The van der Waals surface area contributed by atoms with Gasteiger partial charge in [0.05, 0.1) is 7.11 Å². The zero-order chi connectivity index (χ0) is 8.81. The average Bonchev–Trinajstić information content (AvgIpc) is 2.16. The summed E-state index contributed by atoms with van der Waals surface area (Å²) in [7, 11) is 1.38. The van der Waals surface area contributed by atoms with Gasteiger partial charge in [0.1, 0.15) is 0 Å². The summed E-state index contributed by atoms with van der Waals surface area (Å²) in [4.78, 5) is 12.8. The topological polar surface area (TPSA) is 41.6 Å². The molecule has 68 valence electrons. The Morgan fingerprint density at radius 2 is 2.17 bits per heavy atom. The molecule has 1 aliphatic heterocycles. The van der Waals surface area contributed by atoms with Crippen molar-refractivity contribution in [2.24, 2.45) is 0 Å². The van der Waals surface area contributed by atoms with E-state index in [4.69, 9.17) is 0 Å². The van der Waals surface area contributed by atoms with Crippen LogP contribution in [-0.4, -0.2) is 44.2 Å². The van der Waals surface area contributed by atoms with Crippen LogP contribution in [0.15, 0.2) is 12.3 Å². The molecule has 4 heteroatoms. The van der Waals surface area contributed by atoms with Crippen LogP contribution in [0.1, 0.15) is 0 Å². The van der Waals surface area contributed by atoms with E-state index in [9.17, 15) is 4.79 Å². The quantitative estimate of drug-likeness (QED) is 0.451. The summed E-state index contributed by atoms with van der Waals surface area (Å²) in [6.07, 6.45) is 3.23. The van der Waals surface area contributed by atoms with Crippen LogP contribution in [0.3, 0.4) is 0 Å². The first-order chi connectivity index (χ1) is 5.83. The van der Waals surface area contributed by atoms with E-state index in [1.165, 1.54) is 13.2 Å². The molecule has 0 aliphatic carbocycles. The highest BCUT2D eigenvalue weighted by Gasteiger charge is 2.04. The molecule has 1 N–H and O–H groups in total. The molecule has 0 spiro atoms. The molecule has 0 radical (unpaired) electrons. The van der Waals surface area contributed by atoms with E-state index in [1.54, 1.807) is 6.20 Å². The highest BCUT2D eigenvalue weighted by atomic mass is 16.5. The van der Waals surface area contributed by atoms with Crippen LogP contribution < -0.4 is 5.32 Å². The van der Waals surface area contributed by atoms with Crippen molar-refractivity contribution in [3.8, 4) is 0 Å². The van der Waals surface area contributed by atoms with Gasteiger partial charge in [0, 0.05) is 38.5 Å². The lowest BCUT2D eigenvalue weighted by atomic mass is 10.4. The number of carbonyl (C=O) groups is 1. The molecule has 1 fully saturated rings. The van der Waals surface area contributed by atoms with Gasteiger partial charge in [-0.2, -0.15) is 0 Å². The number of esters is 1. The van der Waals surface area contributed by atoms with Crippen molar-refractivity contribution in [2.75, 3.05) is 33.3 Å². The molecule has 1 heterocycles. The van der Waals surface area contributed by atoms with Crippen molar-refractivity contribution >= 4 is 5.97 Å². The minimum Gasteiger partial charge on any atom is -0.466 e. The number of nitrogens with zero attached hydrogens (tertiary/aromatic N) is 1. The second-order valence-electron chi connectivity index (χ2n) is 2.62. The molecule has 0 atom stereocenters. The third-order valence-electron chi connectivity index (χ3n) is 1.77. The normalized spacial score (nSPS) is 18.2. The fraction of sp³-hybridized carbons (Fsp3) is 0.625. The third-order valence-corrected chi connectivity index (χ3v) is 1.77. The molecular formula is C8H14N2O2. The van der Waals surface area contributed by atoms with Crippen LogP contribution in [0.25, 0.3) is 0 Å². The average molecular weight is 170 g/mol. The van der Waals surface area contributed by atoms with E-state index in [0.717, 1.165) is 26.2 Å². The van der Waals surface area contributed by atoms with Crippen LogP contribution >= 0.6 is 0 Å². The number of carbonyl (C=O) groups excluding carboxylic acids is 1. The number of hydrogen-bond donors (Lipinski definition) is 1. The van der Waals surface area contributed by atoms with E-state index in [2.05, 4.69) is 15.0 Å². The first-order valence-electron chi connectivity index (χ1n) is 4.04. The molecule has 0 aromatic rings. The Labute approximate surface area is 72.2 Å². The summed E-state index contributed by atoms with van der Waals surface area (Å²) in [5, 5.41) is 3.22. The Bertz CT molecular complexity index is 174. The van der Waals surface area contributed by atoms with Crippen molar-refractivity contribution in [1.82, 2.24) is 10.2 Å². The van der Waals surface area contributed by atoms with Crippen molar-refractivity contribution in [3.63, 3.8) is 0 Å². The van der Waals surface area contributed by atoms with Gasteiger partial charge < -0.3 is 15.0 Å². The molecule has 12 heavy (non-hydrogen) atoms. The van der Waals surface area contributed by atoms with E-state index >= 15 is 0 Å². The van der Waals surface area contributed by atoms with Crippen molar-refractivity contribution in [3.05, 3.63) is 12.3 Å². The Hall–Kier alpha value is -1.03. The lowest BCUT2D eigenvalue weighted by molar-refractivity contribution is -0.134. The number of ether oxygens (including phenoxy) is 1. The number of hydrogen-bond acceptors (Lipinski definition) is 4. The fourth-order valence-electron chi connectivity index (χ4n) is 1.07. The largest absolute Gasteiger partial charge is 0.466 e. The molecule has 0 aromatic heterocycles. The minimum atomic E-state index is -0.298. The van der Waals surface area contributed by atoms with Gasteiger partial charge in [-0.1, -0.05) is 0 Å². The molecule has 1 saturated heterocycles. The molecule has 4 nitrogen and oxygen atoms in total. The number of nitrogens with one attached hydrogen (secondary N) is 1. The lowest BCUT2D eigenvalue weighted by Gasteiger charge is -2.25. The predicted molar refractivity (Wildman–Crippen MR) is 45.6 cm³/mol. The highest BCUT2D eigenvalue weighted by molar-refractivity contribution is 5.81. The summed E-state index contributed by atoms with van der Waals surface area (Å²) in [5.74, 6) is -0.298. The first kappa shape index (κ1) is 9.06. The smallest absolute Gasteiger partial charge is 0.331 e. The van der Waals surface area contributed by atoms with Gasteiger partial charge in [0.25, 0.3) is 0 Å². The first-order valence-corrected chi connectivity index (χ1v) is 4.04. The molecule has 0 amide bonds. The Morgan fingerprint density at radius 1 is 1.50 bits per heavy atom. The Balaban J connectivity index is 2.28. The standard InChI is InChI=1S/C8H14N2O2/c1-12-8(11)2-5-10-6-3-9-4-7-10/h2,5,9H,3-4,6-7H2,1H3. The van der Waals surface area contributed by atoms with Gasteiger partial charge in [0.15, 0.2) is 0 Å². The van der Waals surface area contributed by atoms with Crippen LogP contribution in [0.5, 0.6) is 0 Å². The van der Waals surface area contributed by atoms with Gasteiger partial charge in [-0.3, -0.25) is 0 Å². The summed E-state index contributed by atoms with van der Waals surface area (Å²) in [6.45, 7) is 3.86.